The first-order chi connectivity index (χ1) is 7.31. The van der Waals surface area contributed by atoms with Crippen LogP contribution in [0.2, 0.25) is 0 Å². The van der Waals surface area contributed by atoms with E-state index in [2.05, 4.69) is 22.0 Å². The quantitative estimate of drug-likeness (QED) is 0.750. The van der Waals surface area contributed by atoms with Crippen LogP contribution in [0.5, 0.6) is 0 Å². The molecule has 0 aromatic carbocycles. The van der Waals surface area contributed by atoms with E-state index in [-0.39, 0.29) is 6.10 Å². The summed E-state index contributed by atoms with van der Waals surface area (Å²) in [5.74, 6) is 0.898. The van der Waals surface area contributed by atoms with Crippen LogP contribution in [0.1, 0.15) is 12.5 Å². The second-order valence-electron chi connectivity index (χ2n) is 3.71. The van der Waals surface area contributed by atoms with Crippen molar-refractivity contribution >= 4 is 5.82 Å². The number of aromatic nitrogens is 2. The van der Waals surface area contributed by atoms with E-state index >= 15 is 0 Å². The van der Waals surface area contributed by atoms with Crippen LogP contribution in [0.3, 0.4) is 0 Å². The van der Waals surface area contributed by atoms with Crippen molar-refractivity contribution in [1.82, 2.24) is 10.2 Å². The fourth-order valence-electron chi connectivity index (χ4n) is 1.79. The minimum atomic E-state index is 0.242. The molecule has 1 aromatic heterocycles. The second kappa shape index (κ2) is 4.55. The van der Waals surface area contributed by atoms with Crippen molar-refractivity contribution in [2.24, 2.45) is 5.73 Å². The van der Waals surface area contributed by atoms with Crippen LogP contribution in [0, 0.1) is 0 Å². The zero-order chi connectivity index (χ0) is 10.7. The summed E-state index contributed by atoms with van der Waals surface area (Å²) in [4.78, 5) is 2.18. The molecule has 0 aliphatic carbocycles. The highest BCUT2D eigenvalue weighted by Gasteiger charge is 2.19. The molecule has 1 fully saturated rings. The first-order valence-corrected chi connectivity index (χ1v) is 5.18. The Bertz CT molecular complexity index is 331. The van der Waals surface area contributed by atoms with Gasteiger partial charge in [-0.25, -0.2) is 0 Å². The van der Waals surface area contributed by atoms with E-state index < -0.39 is 0 Å². The summed E-state index contributed by atoms with van der Waals surface area (Å²) < 4.78 is 5.48. The molecular formula is C10H16N4O. The molecule has 0 amide bonds. The van der Waals surface area contributed by atoms with Gasteiger partial charge in [0.2, 0.25) is 0 Å². The normalized spacial score (nSPS) is 21.7. The monoisotopic (exact) mass is 208 g/mol. The molecule has 0 spiro atoms. The topological polar surface area (TPSA) is 64.3 Å². The maximum atomic E-state index is 5.67. The molecule has 0 bridgehead atoms. The molecule has 0 radical (unpaired) electrons. The third-order valence-electron chi connectivity index (χ3n) is 2.54. The van der Waals surface area contributed by atoms with E-state index in [1.807, 2.05) is 6.07 Å². The zero-order valence-electron chi connectivity index (χ0n) is 8.89. The molecule has 1 aliphatic heterocycles. The molecule has 0 saturated carbocycles. The summed E-state index contributed by atoms with van der Waals surface area (Å²) in [6.45, 7) is 5.00. The highest BCUT2D eigenvalue weighted by molar-refractivity contribution is 5.45. The van der Waals surface area contributed by atoms with Crippen LogP contribution in [-0.4, -0.2) is 36.0 Å². The summed E-state index contributed by atoms with van der Waals surface area (Å²) >= 11 is 0. The molecule has 5 heteroatoms. The number of hydrogen-bond donors (Lipinski definition) is 1. The van der Waals surface area contributed by atoms with Gasteiger partial charge in [0, 0.05) is 25.2 Å². The highest BCUT2D eigenvalue weighted by Crippen LogP contribution is 2.18. The smallest absolute Gasteiger partial charge is 0.155 e. The second-order valence-corrected chi connectivity index (χ2v) is 3.71. The van der Waals surface area contributed by atoms with Crippen molar-refractivity contribution in [2.75, 3.05) is 24.6 Å². The summed E-state index contributed by atoms with van der Waals surface area (Å²) in [5, 5.41) is 8.05. The van der Waals surface area contributed by atoms with Gasteiger partial charge in [0.1, 0.15) is 0 Å². The Morgan fingerprint density at radius 2 is 2.53 bits per heavy atom. The zero-order valence-corrected chi connectivity index (χ0v) is 8.89. The average molecular weight is 208 g/mol. The van der Waals surface area contributed by atoms with Crippen molar-refractivity contribution in [1.29, 1.82) is 0 Å². The van der Waals surface area contributed by atoms with E-state index in [9.17, 15) is 0 Å². The maximum absolute atomic E-state index is 5.67. The lowest BCUT2D eigenvalue weighted by Gasteiger charge is -2.32. The lowest BCUT2D eigenvalue weighted by atomic mass is 10.2. The van der Waals surface area contributed by atoms with E-state index in [4.69, 9.17) is 10.5 Å². The van der Waals surface area contributed by atoms with Gasteiger partial charge in [0.15, 0.2) is 5.82 Å². The summed E-state index contributed by atoms with van der Waals surface area (Å²) in [6, 6.07) is 1.92. The van der Waals surface area contributed by atoms with Crippen LogP contribution >= 0.6 is 0 Å². The number of anilines is 1. The lowest BCUT2D eigenvalue weighted by molar-refractivity contribution is 0.0528. The van der Waals surface area contributed by atoms with Crippen LogP contribution in [-0.2, 0) is 11.3 Å². The molecule has 1 saturated heterocycles. The Morgan fingerprint density at radius 1 is 1.67 bits per heavy atom. The Hall–Kier alpha value is -1.20. The first-order valence-electron chi connectivity index (χ1n) is 5.18. The SMILES string of the molecule is CC1CN(c2nnccc2CN)CCO1. The maximum Gasteiger partial charge on any atom is 0.155 e. The van der Waals surface area contributed by atoms with Crippen LogP contribution in [0.15, 0.2) is 12.3 Å². The number of nitrogens with zero attached hydrogens (tertiary/aromatic N) is 3. The molecule has 82 valence electrons. The molecule has 1 aromatic rings. The Labute approximate surface area is 89.2 Å². The van der Waals surface area contributed by atoms with Gasteiger partial charge in [-0.1, -0.05) is 0 Å². The predicted octanol–water partition coefficient (Wildman–Crippen LogP) is 0.160. The lowest BCUT2D eigenvalue weighted by Crippen LogP contribution is -2.42. The van der Waals surface area contributed by atoms with Gasteiger partial charge < -0.3 is 15.4 Å². The van der Waals surface area contributed by atoms with Gasteiger partial charge in [0.25, 0.3) is 0 Å². The van der Waals surface area contributed by atoms with E-state index in [1.54, 1.807) is 6.20 Å². The molecule has 2 N–H and O–H groups in total. The minimum Gasteiger partial charge on any atom is -0.375 e. The fourth-order valence-corrected chi connectivity index (χ4v) is 1.79. The highest BCUT2D eigenvalue weighted by atomic mass is 16.5. The Kier molecular flexibility index (Phi) is 3.13. The Morgan fingerprint density at radius 3 is 3.27 bits per heavy atom. The molecule has 1 atom stereocenters. The fraction of sp³-hybridized carbons (Fsp3) is 0.600. The van der Waals surface area contributed by atoms with E-state index in [0.29, 0.717) is 6.54 Å². The van der Waals surface area contributed by atoms with Gasteiger partial charge in [-0.3, -0.25) is 0 Å². The van der Waals surface area contributed by atoms with Crippen molar-refractivity contribution in [3.05, 3.63) is 17.8 Å². The summed E-state index contributed by atoms with van der Waals surface area (Å²) in [6.07, 6.45) is 1.92. The number of nitrogens with two attached hydrogens (primary N) is 1. The van der Waals surface area contributed by atoms with Gasteiger partial charge in [-0.05, 0) is 13.0 Å². The number of hydrogen-bond acceptors (Lipinski definition) is 5. The van der Waals surface area contributed by atoms with Gasteiger partial charge in [-0.2, -0.15) is 5.10 Å². The predicted molar refractivity (Wildman–Crippen MR) is 57.6 cm³/mol. The van der Waals surface area contributed by atoms with Gasteiger partial charge in [-0.15, -0.1) is 5.10 Å². The van der Waals surface area contributed by atoms with Crippen LogP contribution < -0.4 is 10.6 Å². The molecule has 5 nitrogen and oxygen atoms in total. The summed E-state index contributed by atoms with van der Waals surface area (Å²) in [7, 11) is 0. The molecule has 1 aliphatic rings. The molecular weight excluding hydrogens is 192 g/mol. The largest absolute Gasteiger partial charge is 0.375 e. The van der Waals surface area contributed by atoms with Crippen molar-refractivity contribution in [2.45, 2.75) is 19.6 Å². The van der Waals surface area contributed by atoms with Crippen LogP contribution in [0.4, 0.5) is 5.82 Å². The number of ether oxygens (including phenoxy) is 1. The van der Waals surface area contributed by atoms with Gasteiger partial charge >= 0.3 is 0 Å². The molecule has 2 heterocycles. The van der Waals surface area contributed by atoms with Crippen molar-refractivity contribution in [3.63, 3.8) is 0 Å². The summed E-state index contributed by atoms with van der Waals surface area (Å²) in [5.41, 5.74) is 6.71. The number of morpholine rings is 1. The Balaban J connectivity index is 2.20. The minimum absolute atomic E-state index is 0.242. The molecule has 2 rings (SSSR count). The van der Waals surface area contributed by atoms with Crippen molar-refractivity contribution in [3.8, 4) is 0 Å². The van der Waals surface area contributed by atoms with E-state index in [1.165, 1.54) is 0 Å². The van der Waals surface area contributed by atoms with Crippen molar-refractivity contribution < 1.29 is 4.74 Å². The third-order valence-corrected chi connectivity index (χ3v) is 2.54. The number of rotatable bonds is 2. The standard InChI is InChI=1S/C10H16N4O/c1-8-7-14(4-5-15-8)10-9(6-11)2-3-12-13-10/h2-3,8H,4-7,11H2,1H3. The molecule has 15 heavy (non-hydrogen) atoms. The van der Waals surface area contributed by atoms with Gasteiger partial charge in [0.05, 0.1) is 18.9 Å². The molecule has 1 unspecified atom stereocenters. The van der Waals surface area contributed by atoms with E-state index in [0.717, 1.165) is 31.1 Å². The third kappa shape index (κ3) is 2.24. The van der Waals surface area contributed by atoms with Crippen LogP contribution in [0.25, 0.3) is 0 Å². The average Bonchev–Trinajstić information content (AvgIpc) is 2.29. The first kappa shape index (κ1) is 10.3.